The van der Waals surface area contributed by atoms with Gasteiger partial charge in [-0.3, -0.25) is 0 Å². The van der Waals surface area contributed by atoms with Gasteiger partial charge in [-0.25, -0.2) is 0 Å². The second kappa shape index (κ2) is 5.92. The van der Waals surface area contributed by atoms with Gasteiger partial charge in [-0.05, 0) is 0 Å². The number of benzene rings is 1. The van der Waals surface area contributed by atoms with Gasteiger partial charge in [-0.15, -0.1) is 0 Å². The molecule has 2 nitrogen and oxygen atoms in total. The van der Waals surface area contributed by atoms with E-state index >= 15 is 0 Å². The van der Waals surface area contributed by atoms with Crippen LogP contribution in [-0.2, 0) is 97.6 Å². The van der Waals surface area contributed by atoms with Crippen molar-refractivity contribution in [3.8, 4) is 0 Å². The minimum absolute atomic E-state index is 0.196. The Morgan fingerprint density at radius 3 is 2.38 bits per heavy atom. The molecule has 0 heterocycles. The molecule has 5 heteroatoms. The van der Waals surface area contributed by atoms with Gasteiger partial charge in [0, 0.05) is 0 Å². The van der Waals surface area contributed by atoms with E-state index in [1.54, 1.807) is 0 Å². The predicted octanol–water partition coefficient (Wildman–Crippen LogP) is -1.01. The number of carbonyl (C=O) groups excluding carboxylic acids is 1. The average Bonchev–Trinajstić information content (AvgIpc) is 2.13. The van der Waals surface area contributed by atoms with Gasteiger partial charge in [-0.2, -0.15) is 0 Å². The summed E-state index contributed by atoms with van der Waals surface area (Å²) in [6.45, 7) is 0. The molecule has 0 atom stereocenters. The van der Waals surface area contributed by atoms with Crippen LogP contribution in [0.1, 0.15) is 10.4 Å². The number of carbonyl (C=O) groups is 1. The normalized spacial score (nSPS) is 9.38. The fourth-order valence-corrected chi connectivity index (χ4v) is 4.12. The first-order chi connectivity index (χ1) is 6.07. The van der Waals surface area contributed by atoms with Crippen LogP contribution in [-0.4, -0.2) is 13.1 Å². The van der Waals surface area contributed by atoms with E-state index in [2.05, 4.69) is 6.07 Å². The van der Waals surface area contributed by atoms with E-state index in [9.17, 15) is 4.79 Å². The van der Waals surface area contributed by atoms with Crippen LogP contribution in [0, 0.1) is 0 Å². The molecule has 0 amide bonds. The zero-order valence-corrected chi connectivity index (χ0v) is 15.7. The SMILES string of the molecule is COC(=O)c1cc[c]([Y])[c]([Y])[c]1[Y]. The molecule has 0 bridgehead atoms. The van der Waals surface area contributed by atoms with Crippen molar-refractivity contribution >= 4 is 13.1 Å². The molecule has 0 saturated heterocycles. The Balaban J connectivity index is 3.26. The summed E-state index contributed by atoms with van der Waals surface area (Å²) in [6, 6.07) is 3.94. The van der Waals surface area contributed by atoms with Crippen LogP contribution >= 0.6 is 0 Å². The third-order valence-electron chi connectivity index (χ3n) is 1.73. The van der Waals surface area contributed by atoms with Crippen LogP contribution in [0.5, 0.6) is 0 Å². The molecule has 1 rings (SSSR count). The summed E-state index contributed by atoms with van der Waals surface area (Å²) >= 11 is 3.23. The van der Waals surface area contributed by atoms with E-state index < -0.39 is 0 Å². The van der Waals surface area contributed by atoms with Gasteiger partial charge in [0.15, 0.2) is 0 Å². The minimum atomic E-state index is -0.196. The molecule has 0 N–H and O–H groups in total. The standard InChI is InChI=1S/C8H5O2.3Y/c1-10-8(9)7-5-3-2-4-6-7;;;/h3,5H,1H3;;;. The number of esters is 1. The number of ether oxygens (including phenoxy) is 1. The third kappa shape index (κ3) is 3.23. The quantitative estimate of drug-likeness (QED) is 0.566. The van der Waals surface area contributed by atoms with Gasteiger partial charge < -0.3 is 0 Å². The number of hydrogen-bond donors (Lipinski definition) is 0. The monoisotopic (exact) mass is 400 g/mol. The van der Waals surface area contributed by atoms with E-state index in [-0.39, 0.29) is 5.97 Å². The van der Waals surface area contributed by atoms with Gasteiger partial charge in [0.05, 0.1) is 0 Å². The van der Waals surface area contributed by atoms with Crippen molar-refractivity contribution in [3.63, 3.8) is 0 Å². The molecule has 0 radical (unpaired) electrons. The fraction of sp³-hybridized carbons (Fsp3) is 0.125. The molecule has 0 fully saturated rings. The van der Waals surface area contributed by atoms with Crippen LogP contribution in [0.4, 0.5) is 0 Å². The van der Waals surface area contributed by atoms with Crippen molar-refractivity contribution in [1.82, 2.24) is 0 Å². The third-order valence-corrected chi connectivity index (χ3v) is 10.1. The van der Waals surface area contributed by atoms with Crippen molar-refractivity contribution in [2.24, 2.45) is 0 Å². The molecule has 13 heavy (non-hydrogen) atoms. The van der Waals surface area contributed by atoms with Crippen molar-refractivity contribution in [3.05, 3.63) is 17.7 Å². The molecule has 1 aromatic rings. The van der Waals surface area contributed by atoms with Crippen LogP contribution in [0.3, 0.4) is 0 Å². The van der Waals surface area contributed by atoms with Crippen molar-refractivity contribution < 1.29 is 102 Å². The van der Waals surface area contributed by atoms with Crippen LogP contribution in [0.15, 0.2) is 12.1 Å². The zero-order valence-electron chi connectivity index (χ0n) is 7.20. The molecule has 0 aliphatic carbocycles. The topological polar surface area (TPSA) is 26.3 Å². The Hall–Kier alpha value is 2.00. The van der Waals surface area contributed by atoms with Crippen molar-refractivity contribution in [2.45, 2.75) is 0 Å². The average molecular weight is 400 g/mol. The second-order valence-electron chi connectivity index (χ2n) is 2.52. The molecule has 58 valence electrons. The Bertz CT molecular complexity index is 349. The Morgan fingerprint density at radius 2 is 1.85 bits per heavy atom. The van der Waals surface area contributed by atoms with Crippen molar-refractivity contribution in [2.75, 3.05) is 7.11 Å². The van der Waals surface area contributed by atoms with Gasteiger partial charge in [0.1, 0.15) is 0 Å². The first-order valence-electron chi connectivity index (χ1n) is 3.59. The van der Waals surface area contributed by atoms with E-state index in [0.29, 0.717) is 0 Å². The van der Waals surface area contributed by atoms with E-state index in [1.165, 1.54) is 14.2 Å². The molecule has 0 aliphatic heterocycles. The van der Waals surface area contributed by atoms with E-state index in [1.807, 2.05) is 6.07 Å². The van der Waals surface area contributed by atoms with Gasteiger partial charge in [0.2, 0.25) is 0 Å². The molecule has 0 aliphatic rings. The molecular weight excluding hydrogens is 395 g/mol. The predicted molar refractivity (Wildman–Crippen MR) is 36.7 cm³/mol. The van der Waals surface area contributed by atoms with Crippen LogP contribution in [0.25, 0.3) is 0 Å². The van der Waals surface area contributed by atoms with Crippen molar-refractivity contribution in [1.29, 1.82) is 0 Å². The maximum atomic E-state index is 11.3. The number of hydrogen-bond acceptors (Lipinski definition) is 2. The number of rotatable bonds is 1. The molecule has 0 spiro atoms. The molecule has 0 aromatic heterocycles. The van der Waals surface area contributed by atoms with Crippen LogP contribution in [0.2, 0.25) is 0 Å². The van der Waals surface area contributed by atoms with Gasteiger partial charge in [-0.1, -0.05) is 0 Å². The van der Waals surface area contributed by atoms with E-state index in [4.69, 9.17) is 4.74 Å². The fourth-order valence-electron chi connectivity index (χ4n) is 0.941. The maximum absolute atomic E-state index is 11.3. The Kier molecular flexibility index (Phi) is 5.95. The number of methoxy groups -OCH3 is 1. The first kappa shape index (κ1) is 13.1. The molecular formula is C8H5O2Y3. The summed E-state index contributed by atoms with van der Waals surface area (Å²) in [4.78, 5) is 11.3. The Labute approximate surface area is 137 Å². The summed E-state index contributed by atoms with van der Waals surface area (Å²) in [6.07, 6.45) is 0. The summed E-state index contributed by atoms with van der Waals surface area (Å²) in [5.74, 6) is -0.196. The summed E-state index contributed by atoms with van der Waals surface area (Å²) in [7, 11) is 1.43. The summed E-state index contributed by atoms with van der Waals surface area (Å²) in [5.41, 5.74) is 0.769. The summed E-state index contributed by atoms with van der Waals surface area (Å²) in [5, 5.41) is 0. The molecule has 0 unspecified atom stereocenters. The molecule has 0 saturated carbocycles. The summed E-state index contributed by atoms with van der Waals surface area (Å²) < 4.78 is 8.77. The first-order valence-corrected chi connectivity index (χ1v) is 7.85. The van der Waals surface area contributed by atoms with E-state index in [0.717, 1.165) is 98.4 Å². The van der Waals surface area contributed by atoms with Crippen LogP contribution < -0.4 is 7.12 Å². The zero-order chi connectivity index (χ0) is 10.0. The second-order valence-corrected chi connectivity index (χ2v) is 6.89. The van der Waals surface area contributed by atoms with Gasteiger partial charge in [0.25, 0.3) is 0 Å². The Morgan fingerprint density at radius 1 is 1.23 bits per heavy atom. The van der Waals surface area contributed by atoms with Gasteiger partial charge >= 0.3 is 140 Å². The molecule has 1 aromatic carbocycles.